The Morgan fingerprint density at radius 2 is 1.73 bits per heavy atom. The molecule has 0 bridgehead atoms. The summed E-state index contributed by atoms with van der Waals surface area (Å²) in [6.45, 7) is 9.18. The van der Waals surface area contributed by atoms with Crippen molar-refractivity contribution in [2.75, 3.05) is 26.2 Å². The third-order valence-corrected chi connectivity index (χ3v) is 8.59. The molecule has 1 aliphatic heterocycles. The Morgan fingerprint density at radius 1 is 1.04 bits per heavy atom. The second-order valence-corrected chi connectivity index (χ2v) is 12.9. The summed E-state index contributed by atoms with van der Waals surface area (Å²) in [5.74, 6) is -3.94. The number of phenolic OH excluding ortho intramolecular Hbond substituents is 1. The second kappa shape index (κ2) is 20.9. The first kappa shape index (κ1) is 40.8. The van der Waals surface area contributed by atoms with E-state index in [1.165, 1.54) is 17.0 Å². The number of nitrogens with two attached hydrogens (primary N) is 1. The number of carboxylic acid groups (broad SMARTS) is 1. The predicted molar refractivity (Wildman–Crippen MR) is 183 cm³/mol. The first-order valence-corrected chi connectivity index (χ1v) is 17.0. The fourth-order valence-electron chi connectivity index (χ4n) is 5.69. The normalized spacial score (nSPS) is 17.3. The molecular formula is C33H53N9O7. The van der Waals surface area contributed by atoms with Crippen LogP contribution in [-0.4, -0.2) is 101 Å². The number of aliphatic carboxylic acids is 1. The van der Waals surface area contributed by atoms with Gasteiger partial charge in [-0.1, -0.05) is 51.4 Å². The van der Waals surface area contributed by atoms with Gasteiger partial charge in [-0.15, -0.1) is 0 Å². The number of phenols is 1. The Labute approximate surface area is 287 Å². The monoisotopic (exact) mass is 687 g/mol. The molecule has 16 nitrogen and oxygen atoms in total. The zero-order chi connectivity index (χ0) is 36.5. The van der Waals surface area contributed by atoms with Gasteiger partial charge >= 0.3 is 5.97 Å². The number of benzene rings is 1. The second-order valence-electron chi connectivity index (χ2n) is 12.9. The Balaban J connectivity index is 2.30. The summed E-state index contributed by atoms with van der Waals surface area (Å²) in [5, 5.41) is 34.3. The van der Waals surface area contributed by atoms with Crippen LogP contribution in [-0.2, 0) is 30.4 Å². The first-order chi connectivity index (χ1) is 23.3. The molecule has 16 heteroatoms. The lowest BCUT2D eigenvalue weighted by molar-refractivity contribution is -0.143. The van der Waals surface area contributed by atoms with Crippen molar-refractivity contribution in [2.45, 2.75) is 103 Å². The van der Waals surface area contributed by atoms with Gasteiger partial charge in [-0.2, -0.15) is 0 Å². The number of nitrogens with one attached hydrogen (secondary N) is 4. The fraction of sp³-hybridized carbons (Fsp3) is 0.667. The molecule has 0 aliphatic carbocycles. The van der Waals surface area contributed by atoms with Crippen LogP contribution in [0.15, 0.2) is 29.4 Å². The summed E-state index contributed by atoms with van der Waals surface area (Å²) in [6.07, 6.45) is 2.36. The summed E-state index contributed by atoms with van der Waals surface area (Å²) in [5.41, 5.74) is 15.2. The number of rotatable bonds is 21. The standard InChI is InChI=1S/C33H53N9O7/c1-5-21(4)28(31(46)38-26(33(48)49)18-20(2)3)39-29(44)25(19-22-10-12-23(43)13-11-22)37-30(45)27-9-7-17-42(27)32(47)24(40-41-35)8-6-15-36-16-14-34/h10-13,20-21,24-28,36,43H,5-9,14-19,34H2,1-4H3,(H,37,45)(H,38,46)(H,39,44)(H,48,49)/t21-,24?,25-,26-,27-,28-/m0/s1. The molecule has 49 heavy (non-hydrogen) atoms. The first-order valence-electron chi connectivity index (χ1n) is 17.0. The Hall–Kier alpha value is -4.40. The van der Waals surface area contributed by atoms with Crippen molar-refractivity contribution < 1.29 is 34.2 Å². The molecule has 1 unspecified atom stereocenters. The maximum Gasteiger partial charge on any atom is 0.326 e. The molecule has 1 saturated heterocycles. The molecule has 2 rings (SSSR count). The molecule has 0 spiro atoms. The van der Waals surface area contributed by atoms with Crippen LogP contribution in [0.3, 0.4) is 0 Å². The summed E-state index contributed by atoms with van der Waals surface area (Å²) >= 11 is 0. The van der Waals surface area contributed by atoms with E-state index in [1.807, 2.05) is 20.8 Å². The minimum absolute atomic E-state index is 0.00435. The van der Waals surface area contributed by atoms with Crippen LogP contribution < -0.4 is 27.0 Å². The van der Waals surface area contributed by atoms with Crippen molar-refractivity contribution in [1.82, 2.24) is 26.2 Å². The predicted octanol–water partition coefficient (Wildman–Crippen LogP) is 1.56. The van der Waals surface area contributed by atoms with Gasteiger partial charge in [0.15, 0.2) is 0 Å². The smallest absolute Gasteiger partial charge is 0.326 e. The molecule has 4 amide bonds. The molecule has 0 saturated carbocycles. The van der Waals surface area contributed by atoms with Crippen LogP contribution in [0.1, 0.15) is 71.8 Å². The molecule has 272 valence electrons. The van der Waals surface area contributed by atoms with Gasteiger partial charge < -0.3 is 42.1 Å². The maximum atomic E-state index is 13.9. The molecule has 0 aromatic heterocycles. The summed E-state index contributed by atoms with van der Waals surface area (Å²) in [6, 6.07) is 0.725. The number of carbonyl (C=O) groups excluding carboxylic acids is 4. The van der Waals surface area contributed by atoms with Crippen LogP contribution in [0, 0.1) is 11.8 Å². The van der Waals surface area contributed by atoms with E-state index in [2.05, 4.69) is 31.3 Å². The summed E-state index contributed by atoms with van der Waals surface area (Å²) in [4.78, 5) is 70.6. The zero-order valence-electron chi connectivity index (χ0n) is 28.9. The van der Waals surface area contributed by atoms with E-state index in [-0.39, 0.29) is 43.4 Å². The lowest BCUT2D eigenvalue weighted by atomic mass is 9.96. The van der Waals surface area contributed by atoms with Crippen LogP contribution in [0.4, 0.5) is 0 Å². The van der Waals surface area contributed by atoms with Crippen molar-refractivity contribution in [3.05, 3.63) is 40.3 Å². The average molecular weight is 688 g/mol. The number of likely N-dealkylation sites (tertiary alicyclic amines) is 1. The number of carboxylic acids is 1. The quantitative estimate of drug-likeness (QED) is 0.0428. The lowest BCUT2D eigenvalue weighted by Crippen LogP contribution is -2.59. The van der Waals surface area contributed by atoms with E-state index in [4.69, 9.17) is 11.3 Å². The van der Waals surface area contributed by atoms with E-state index in [1.54, 1.807) is 19.1 Å². The molecule has 1 fully saturated rings. The lowest BCUT2D eigenvalue weighted by Gasteiger charge is -2.30. The van der Waals surface area contributed by atoms with Crippen molar-refractivity contribution in [2.24, 2.45) is 22.7 Å². The van der Waals surface area contributed by atoms with E-state index in [0.717, 1.165) is 0 Å². The molecule has 1 aromatic carbocycles. The highest BCUT2D eigenvalue weighted by molar-refractivity contribution is 5.96. The topological polar surface area (TPSA) is 252 Å². The Kier molecular flexibility index (Phi) is 17.4. The number of aromatic hydroxyl groups is 1. The maximum absolute atomic E-state index is 13.9. The van der Waals surface area contributed by atoms with Crippen LogP contribution in [0.2, 0.25) is 0 Å². The van der Waals surface area contributed by atoms with Crippen molar-refractivity contribution in [1.29, 1.82) is 0 Å². The van der Waals surface area contributed by atoms with Gasteiger partial charge in [-0.25, -0.2) is 4.79 Å². The summed E-state index contributed by atoms with van der Waals surface area (Å²) in [7, 11) is 0. The minimum atomic E-state index is -1.19. The highest BCUT2D eigenvalue weighted by Crippen LogP contribution is 2.22. The van der Waals surface area contributed by atoms with Gasteiger partial charge in [-0.3, -0.25) is 19.2 Å². The van der Waals surface area contributed by atoms with Crippen LogP contribution in [0.5, 0.6) is 5.75 Å². The summed E-state index contributed by atoms with van der Waals surface area (Å²) < 4.78 is 0. The number of carbonyl (C=O) groups is 5. The number of nitrogens with zero attached hydrogens (tertiary/aromatic N) is 4. The van der Waals surface area contributed by atoms with E-state index in [0.29, 0.717) is 50.9 Å². The molecule has 8 N–H and O–H groups in total. The number of amides is 4. The average Bonchev–Trinajstić information content (AvgIpc) is 3.56. The van der Waals surface area contributed by atoms with Crippen molar-refractivity contribution in [3.63, 3.8) is 0 Å². The third kappa shape index (κ3) is 13.2. The van der Waals surface area contributed by atoms with E-state index in [9.17, 15) is 34.2 Å². The van der Waals surface area contributed by atoms with Gasteiger partial charge in [-0.05, 0) is 73.7 Å². The number of azide groups is 1. The Morgan fingerprint density at radius 3 is 2.33 bits per heavy atom. The molecule has 1 heterocycles. The van der Waals surface area contributed by atoms with Crippen LogP contribution >= 0.6 is 0 Å². The third-order valence-electron chi connectivity index (χ3n) is 8.59. The largest absolute Gasteiger partial charge is 0.508 e. The van der Waals surface area contributed by atoms with E-state index < -0.39 is 59.8 Å². The fourth-order valence-corrected chi connectivity index (χ4v) is 5.69. The van der Waals surface area contributed by atoms with Crippen molar-refractivity contribution in [3.8, 4) is 5.75 Å². The number of hydrogen-bond donors (Lipinski definition) is 7. The van der Waals surface area contributed by atoms with Gasteiger partial charge in [0.2, 0.25) is 23.6 Å². The SMILES string of the molecule is CC[C@H](C)[C@H](NC(=O)[C@H](Cc1ccc(O)cc1)NC(=O)[C@@H]1CCCN1C(=O)C(CCCNCCN)N=[N+]=[N-])C(=O)N[C@@H](CC(C)C)C(=O)O. The molecule has 1 aromatic rings. The number of hydrogen-bond acceptors (Lipinski definition) is 9. The van der Waals surface area contributed by atoms with E-state index >= 15 is 0 Å². The van der Waals surface area contributed by atoms with Gasteiger partial charge in [0.05, 0.1) is 0 Å². The molecular weight excluding hydrogens is 634 g/mol. The molecule has 6 atom stereocenters. The highest BCUT2D eigenvalue weighted by Gasteiger charge is 2.39. The molecule has 0 radical (unpaired) electrons. The zero-order valence-corrected chi connectivity index (χ0v) is 28.9. The Bertz CT molecular complexity index is 1300. The van der Waals surface area contributed by atoms with Gasteiger partial charge in [0.25, 0.3) is 0 Å². The van der Waals surface area contributed by atoms with Gasteiger partial charge in [0, 0.05) is 31.0 Å². The van der Waals surface area contributed by atoms with Crippen molar-refractivity contribution >= 4 is 29.6 Å². The van der Waals surface area contributed by atoms with Crippen LogP contribution in [0.25, 0.3) is 10.4 Å². The van der Waals surface area contributed by atoms with Gasteiger partial charge in [0.1, 0.15) is 36.0 Å². The highest BCUT2D eigenvalue weighted by atomic mass is 16.4. The molecule has 1 aliphatic rings. The minimum Gasteiger partial charge on any atom is -0.508 e.